The Morgan fingerprint density at radius 3 is 1.42 bits per heavy atom. The molecular weight excluding hydrogens is 244 g/mol. The van der Waals surface area contributed by atoms with Crippen LogP contribution in [0.15, 0.2) is 60.7 Å². The third-order valence-electron chi connectivity index (χ3n) is 2.16. The van der Waals surface area contributed by atoms with Crippen LogP contribution in [0.25, 0.3) is 0 Å². The predicted molar refractivity (Wildman–Crippen MR) is 68.5 cm³/mol. The zero-order valence-corrected chi connectivity index (χ0v) is 9.98. The van der Waals surface area contributed by atoms with Gasteiger partial charge in [-0.25, -0.2) is 0 Å². The maximum absolute atomic E-state index is 11.4. The number of esters is 2. The first-order valence-electron chi connectivity index (χ1n) is 5.62. The minimum absolute atomic E-state index is 0.372. The third kappa shape index (κ3) is 4.27. The van der Waals surface area contributed by atoms with Crippen LogP contribution in [0.4, 0.5) is 0 Å². The van der Waals surface area contributed by atoms with Gasteiger partial charge in [0.05, 0.1) is 0 Å². The number of rotatable bonds is 4. The molecule has 0 saturated carbocycles. The predicted octanol–water partition coefficient (Wildman–Crippen LogP) is 2.40. The maximum Gasteiger partial charge on any atom is 0.327 e. The summed E-state index contributed by atoms with van der Waals surface area (Å²) in [7, 11) is 0. The molecule has 0 spiro atoms. The molecule has 95 valence electrons. The first-order chi connectivity index (χ1) is 9.24. The van der Waals surface area contributed by atoms with Gasteiger partial charge in [-0.3, -0.25) is 9.59 Å². The van der Waals surface area contributed by atoms with Crippen molar-refractivity contribution in [3.05, 3.63) is 67.1 Å². The van der Waals surface area contributed by atoms with Gasteiger partial charge in [0.2, 0.25) is 0 Å². The molecule has 4 heteroatoms. The van der Waals surface area contributed by atoms with Crippen molar-refractivity contribution in [1.29, 1.82) is 0 Å². The molecule has 0 aliphatic carbocycles. The summed E-state index contributed by atoms with van der Waals surface area (Å²) < 4.78 is 9.85. The number of hydrogen-bond donors (Lipinski definition) is 0. The molecule has 0 amide bonds. The fourth-order valence-electron chi connectivity index (χ4n) is 1.36. The third-order valence-corrected chi connectivity index (χ3v) is 2.16. The Labute approximate surface area is 110 Å². The molecule has 2 aromatic carbocycles. The summed E-state index contributed by atoms with van der Waals surface area (Å²) in [5.74, 6) is -0.799. The Hall–Kier alpha value is -2.62. The van der Waals surface area contributed by atoms with Gasteiger partial charge in [-0.15, -0.1) is 0 Å². The van der Waals surface area contributed by atoms with Crippen molar-refractivity contribution >= 4 is 11.9 Å². The van der Waals surface area contributed by atoms with E-state index in [1.165, 1.54) is 0 Å². The molecule has 19 heavy (non-hydrogen) atoms. The molecule has 2 rings (SSSR count). The van der Waals surface area contributed by atoms with E-state index in [2.05, 4.69) is 0 Å². The zero-order valence-electron chi connectivity index (χ0n) is 9.98. The van der Waals surface area contributed by atoms with E-state index in [-0.39, 0.29) is 0 Å². The van der Waals surface area contributed by atoms with E-state index in [9.17, 15) is 9.59 Å². The van der Waals surface area contributed by atoms with Crippen molar-refractivity contribution in [3.8, 4) is 11.5 Å². The molecule has 0 aliphatic heterocycles. The van der Waals surface area contributed by atoms with E-state index in [1.54, 1.807) is 60.7 Å². The monoisotopic (exact) mass is 255 g/mol. The van der Waals surface area contributed by atoms with Crippen LogP contribution < -0.4 is 9.47 Å². The van der Waals surface area contributed by atoms with Crippen LogP contribution in [-0.2, 0) is 9.59 Å². The van der Waals surface area contributed by atoms with Crippen LogP contribution in [0.5, 0.6) is 11.5 Å². The SMILES string of the molecule is O=C([CH]C(=O)Oc1ccccc1)Oc1ccccc1. The van der Waals surface area contributed by atoms with E-state index in [0.29, 0.717) is 11.5 Å². The van der Waals surface area contributed by atoms with Crippen molar-refractivity contribution in [1.82, 2.24) is 0 Å². The largest absolute Gasteiger partial charge is 0.426 e. The average molecular weight is 255 g/mol. The van der Waals surface area contributed by atoms with Gasteiger partial charge in [-0.05, 0) is 24.3 Å². The second kappa shape index (κ2) is 6.35. The lowest BCUT2D eigenvalue weighted by Gasteiger charge is -2.04. The molecule has 0 aliphatic rings. The molecule has 0 atom stereocenters. The van der Waals surface area contributed by atoms with Crippen LogP contribution in [0, 0.1) is 6.42 Å². The zero-order chi connectivity index (χ0) is 13.5. The normalized spacial score (nSPS) is 9.68. The molecule has 0 N–H and O–H groups in total. The molecule has 2 aromatic rings. The highest BCUT2D eigenvalue weighted by atomic mass is 16.6. The fourth-order valence-corrected chi connectivity index (χ4v) is 1.36. The second-order valence-electron chi connectivity index (χ2n) is 3.61. The Bertz CT molecular complexity index is 497. The van der Waals surface area contributed by atoms with E-state index in [0.717, 1.165) is 6.42 Å². The molecule has 1 radical (unpaired) electrons. The quantitative estimate of drug-likeness (QED) is 0.478. The molecule has 0 unspecified atom stereocenters. The standard InChI is InChI=1S/C15H11O4/c16-14(18-12-7-3-1-4-8-12)11-15(17)19-13-9-5-2-6-10-13/h1-11H. The lowest BCUT2D eigenvalue weighted by molar-refractivity contribution is -0.138. The smallest absolute Gasteiger partial charge is 0.327 e. The number of benzene rings is 2. The summed E-state index contributed by atoms with van der Waals surface area (Å²) >= 11 is 0. The summed E-state index contributed by atoms with van der Waals surface area (Å²) in [6.45, 7) is 0. The van der Waals surface area contributed by atoms with E-state index >= 15 is 0 Å². The highest BCUT2D eigenvalue weighted by Gasteiger charge is 2.14. The highest BCUT2D eigenvalue weighted by Crippen LogP contribution is 2.11. The lowest BCUT2D eigenvalue weighted by atomic mass is 10.3. The van der Waals surface area contributed by atoms with Crippen molar-refractivity contribution in [2.24, 2.45) is 0 Å². The Kier molecular flexibility index (Phi) is 4.29. The Morgan fingerprint density at radius 1 is 0.684 bits per heavy atom. The molecule has 0 heterocycles. The number of carbonyl (C=O) groups excluding carboxylic acids is 2. The Morgan fingerprint density at radius 2 is 1.05 bits per heavy atom. The molecule has 0 saturated heterocycles. The summed E-state index contributed by atoms with van der Waals surface area (Å²) in [6.07, 6.45) is 0.764. The van der Waals surface area contributed by atoms with Crippen LogP contribution in [0.2, 0.25) is 0 Å². The van der Waals surface area contributed by atoms with E-state index in [4.69, 9.17) is 9.47 Å². The number of carbonyl (C=O) groups is 2. The van der Waals surface area contributed by atoms with Crippen molar-refractivity contribution < 1.29 is 19.1 Å². The fraction of sp³-hybridized carbons (Fsp3) is 0. The van der Waals surface area contributed by atoms with Crippen molar-refractivity contribution in [2.45, 2.75) is 0 Å². The second-order valence-corrected chi connectivity index (χ2v) is 3.61. The lowest BCUT2D eigenvalue weighted by Crippen LogP contribution is -2.19. The summed E-state index contributed by atoms with van der Waals surface area (Å²) in [6, 6.07) is 17.0. The molecule has 0 fully saturated rings. The van der Waals surface area contributed by atoms with Crippen molar-refractivity contribution in [2.75, 3.05) is 0 Å². The molecule has 0 aromatic heterocycles. The first kappa shape index (κ1) is 12.8. The Balaban J connectivity index is 1.84. The molecular formula is C15H11O4. The van der Waals surface area contributed by atoms with Crippen LogP contribution in [0.3, 0.4) is 0 Å². The topological polar surface area (TPSA) is 52.6 Å². The van der Waals surface area contributed by atoms with Gasteiger partial charge in [-0.1, -0.05) is 36.4 Å². The minimum Gasteiger partial charge on any atom is -0.426 e. The van der Waals surface area contributed by atoms with E-state index in [1.807, 2.05) is 0 Å². The molecule has 4 nitrogen and oxygen atoms in total. The minimum atomic E-state index is -0.771. The van der Waals surface area contributed by atoms with Gasteiger partial charge >= 0.3 is 11.9 Å². The number of hydrogen-bond acceptors (Lipinski definition) is 4. The summed E-state index contributed by atoms with van der Waals surface area (Å²) in [5, 5.41) is 0. The van der Waals surface area contributed by atoms with Crippen LogP contribution in [-0.4, -0.2) is 11.9 Å². The van der Waals surface area contributed by atoms with Gasteiger partial charge in [0.1, 0.15) is 11.5 Å². The number of ether oxygens (including phenoxy) is 2. The first-order valence-corrected chi connectivity index (χ1v) is 5.62. The van der Waals surface area contributed by atoms with Crippen LogP contribution >= 0.6 is 0 Å². The average Bonchev–Trinajstić information content (AvgIpc) is 2.40. The molecule has 0 bridgehead atoms. The number of para-hydroxylation sites is 2. The van der Waals surface area contributed by atoms with Gasteiger partial charge in [-0.2, -0.15) is 0 Å². The van der Waals surface area contributed by atoms with Gasteiger partial charge in [0.25, 0.3) is 0 Å². The summed E-state index contributed by atoms with van der Waals surface area (Å²) in [4.78, 5) is 22.9. The van der Waals surface area contributed by atoms with Crippen molar-refractivity contribution in [3.63, 3.8) is 0 Å². The van der Waals surface area contributed by atoms with Gasteiger partial charge in [0, 0.05) is 0 Å². The van der Waals surface area contributed by atoms with Gasteiger partial charge in [0.15, 0.2) is 6.42 Å². The van der Waals surface area contributed by atoms with E-state index < -0.39 is 11.9 Å². The van der Waals surface area contributed by atoms with Gasteiger partial charge < -0.3 is 9.47 Å². The highest BCUT2D eigenvalue weighted by molar-refractivity contribution is 6.04. The van der Waals surface area contributed by atoms with Crippen LogP contribution in [0.1, 0.15) is 0 Å². The summed E-state index contributed by atoms with van der Waals surface area (Å²) in [5.41, 5.74) is 0. The maximum atomic E-state index is 11.4.